The van der Waals surface area contributed by atoms with Gasteiger partial charge in [-0.3, -0.25) is 4.79 Å². The van der Waals surface area contributed by atoms with Crippen molar-refractivity contribution in [2.45, 2.75) is 6.92 Å². The van der Waals surface area contributed by atoms with E-state index in [0.29, 0.717) is 16.8 Å². The van der Waals surface area contributed by atoms with E-state index in [-0.39, 0.29) is 24.5 Å². The van der Waals surface area contributed by atoms with Gasteiger partial charge in [-0.25, -0.2) is 4.79 Å². The summed E-state index contributed by atoms with van der Waals surface area (Å²) in [5.74, 6) is -0.0456. The Balaban J connectivity index is 1.67. The number of esters is 1. The fourth-order valence-corrected chi connectivity index (χ4v) is 2.45. The maximum Gasteiger partial charge on any atom is 0.342 e. The summed E-state index contributed by atoms with van der Waals surface area (Å²) < 4.78 is 16.3. The van der Waals surface area contributed by atoms with Gasteiger partial charge in [-0.1, -0.05) is 15.9 Å². The van der Waals surface area contributed by atoms with E-state index in [1.807, 2.05) is 6.92 Å². The molecule has 2 rings (SSSR count). The number of phenols is 1. The zero-order chi connectivity index (χ0) is 19.6. The Morgan fingerprint density at radius 1 is 1.07 bits per heavy atom. The minimum absolute atomic E-state index is 0.0176. The summed E-state index contributed by atoms with van der Waals surface area (Å²) in [7, 11) is 0. The van der Waals surface area contributed by atoms with Gasteiger partial charge >= 0.3 is 5.97 Å². The number of hydrogen-bond acceptors (Lipinski definition) is 6. The molecular weight excluding hydrogens is 418 g/mol. The van der Waals surface area contributed by atoms with Gasteiger partial charge in [0.15, 0.2) is 6.61 Å². The van der Waals surface area contributed by atoms with Gasteiger partial charge in [0.05, 0.1) is 13.2 Å². The van der Waals surface area contributed by atoms with E-state index < -0.39 is 18.5 Å². The highest BCUT2D eigenvalue weighted by molar-refractivity contribution is 9.10. The van der Waals surface area contributed by atoms with Crippen LogP contribution >= 0.6 is 15.9 Å². The van der Waals surface area contributed by atoms with E-state index in [4.69, 9.17) is 14.2 Å². The van der Waals surface area contributed by atoms with Gasteiger partial charge in [-0.15, -0.1) is 0 Å². The second kappa shape index (κ2) is 10.4. The maximum absolute atomic E-state index is 11.9. The molecule has 0 spiro atoms. The van der Waals surface area contributed by atoms with Crippen LogP contribution in [-0.2, 0) is 9.53 Å². The SMILES string of the molecule is CCOc1ccc(OCCNC(=O)COC(=O)c2cc(Br)ccc2O)cc1. The van der Waals surface area contributed by atoms with Crippen molar-refractivity contribution in [1.29, 1.82) is 0 Å². The highest BCUT2D eigenvalue weighted by Gasteiger charge is 2.14. The summed E-state index contributed by atoms with van der Waals surface area (Å²) in [6, 6.07) is 11.5. The lowest BCUT2D eigenvalue weighted by Crippen LogP contribution is -2.32. The second-order valence-electron chi connectivity index (χ2n) is 5.34. The fraction of sp³-hybridized carbons (Fsp3) is 0.263. The minimum atomic E-state index is -0.783. The smallest absolute Gasteiger partial charge is 0.342 e. The Labute approximate surface area is 165 Å². The Morgan fingerprint density at radius 3 is 2.41 bits per heavy atom. The van der Waals surface area contributed by atoms with Crippen molar-refractivity contribution in [2.75, 3.05) is 26.4 Å². The molecule has 27 heavy (non-hydrogen) atoms. The Morgan fingerprint density at radius 2 is 1.74 bits per heavy atom. The molecule has 0 aliphatic rings. The number of aromatic hydroxyl groups is 1. The van der Waals surface area contributed by atoms with Gasteiger partial charge in [0, 0.05) is 4.47 Å². The van der Waals surface area contributed by atoms with Gasteiger partial charge in [0.2, 0.25) is 0 Å². The summed E-state index contributed by atoms with van der Waals surface area (Å²) in [6.07, 6.45) is 0. The number of amides is 1. The number of rotatable bonds is 9. The van der Waals surface area contributed by atoms with Crippen LogP contribution in [0.1, 0.15) is 17.3 Å². The number of carbonyl (C=O) groups is 2. The quantitative estimate of drug-likeness (QED) is 0.462. The van der Waals surface area contributed by atoms with Crippen molar-refractivity contribution >= 4 is 27.8 Å². The van der Waals surface area contributed by atoms with Crippen LogP contribution in [0.2, 0.25) is 0 Å². The Hall–Kier alpha value is -2.74. The highest BCUT2D eigenvalue weighted by Crippen LogP contribution is 2.22. The molecule has 0 aromatic heterocycles. The molecule has 0 atom stereocenters. The molecule has 0 aliphatic carbocycles. The van der Waals surface area contributed by atoms with E-state index in [1.165, 1.54) is 12.1 Å². The van der Waals surface area contributed by atoms with Crippen molar-refractivity contribution in [3.05, 3.63) is 52.5 Å². The number of phenolic OH excluding ortho intramolecular Hbond substituents is 1. The van der Waals surface area contributed by atoms with Crippen LogP contribution in [0.4, 0.5) is 0 Å². The molecule has 2 aromatic carbocycles. The number of ether oxygens (including phenoxy) is 3. The highest BCUT2D eigenvalue weighted by atomic mass is 79.9. The molecule has 2 N–H and O–H groups in total. The van der Waals surface area contributed by atoms with Crippen molar-refractivity contribution in [1.82, 2.24) is 5.32 Å². The molecule has 0 unspecified atom stereocenters. The van der Waals surface area contributed by atoms with Crippen molar-refractivity contribution < 1.29 is 28.9 Å². The predicted molar refractivity (Wildman–Crippen MR) is 102 cm³/mol. The molecule has 0 bridgehead atoms. The first-order chi connectivity index (χ1) is 13.0. The van der Waals surface area contributed by atoms with E-state index >= 15 is 0 Å². The molecule has 7 nitrogen and oxygen atoms in total. The molecule has 8 heteroatoms. The maximum atomic E-state index is 11.9. The molecular formula is C19H20BrNO6. The topological polar surface area (TPSA) is 94.1 Å². The summed E-state index contributed by atoms with van der Waals surface area (Å²) >= 11 is 3.20. The lowest BCUT2D eigenvalue weighted by atomic mass is 10.2. The van der Waals surface area contributed by atoms with Gasteiger partial charge in [0.1, 0.15) is 29.4 Å². The number of carbonyl (C=O) groups excluding carboxylic acids is 2. The molecule has 0 radical (unpaired) electrons. The second-order valence-corrected chi connectivity index (χ2v) is 6.26. The first-order valence-corrected chi connectivity index (χ1v) is 9.07. The van der Waals surface area contributed by atoms with Crippen LogP contribution in [-0.4, -0.2) is 43.3 Å². The monoisotopic (exact) mass is 437 g/mol. The lowest BCUT2D eigenvalue weighted by Gasteiger charge is -2.09. The number of halogens is 1. The van der Waals surface area contributed by atoms with Crippen LogP contribution in [0, 0.1) is 0 Å². The summed E-state index contributed by atoms with van der Waals surface area (Å²) in [4.78, 5) is 23.6. The third-order valence-corrected chi connectivity index (χ3v) is 3.83. The van der Waals surface area contributed by atoms with E-state index in [0.717, 1.165) is 5.75 Å². The number of nitrogens with one attached hydrogen (secondary N) is 1. The molecule has 0 saturated heterocycles. The zero-order valence-electron chi connectivity index (χ0n) is 14.7. The van der Waals surface area contributed by atoms with Crippen molar-refractivity contribution in [2.24, 2.45) is 0 Å². The van der Waals surface area contributed by atoms with Crippen LogP contribution in [0.25, 0.3) is 0 Å². The Bertz CT molecular complexity index is 778. The molecule has 1 amide bonds. The van der Waals surface area contributed by atoms with Crippen molar-refractivity contribution in [3.63, 3.8) is 0 Å². The third kappa shape index (κ3) is 6.82. The molecule has 0 fully saturated rings. The summed E-state index contributed by atoms with van der Waals surface area (Å²) in [5.41, 5.74) is -0.0176. The van der Waals surface area contributed by atoms with Crippen LogP contribution in [0.5, 0.6) is 17.2 Å². The van der Waals surface area contributed by atoms with E-state index in [9.17, 15) is 14.7 Å². The lowest BCUT2D eigenvalue weighted by molar-refractivity contribution is -0.124. The zero-order valence-corrected chi connectivity index (χ0v) is 16.3. The van der Waals surface area contributed by atoms with Crippen LogP contribution < -0.4 is 14.8 Å². The van der Waals surface area contributed by atoms with Crippen LogP contribution in [0.3, 0.4) is 0 Å². The Kier molecular flexibility index (Phi) is 7.94. The van der Waals surface area contributed by atoms with Gasteiger partial charge in [0.25, 0.3) is 5.91 Å². The largest absolute Gasteiger partial charge is 0.507 e. The third-order valence-electron chi connectivity index (χ3n) is 3.34. The molecule has 0 heterocycles. The van der Waals surface area contributed by atoms with Gasteiger partial charge in [-0.05, 0) is 49.4 Å². The number of hydrogen-bond donors (Lipinski definition) is 2. The number of benzene rings is 2. The average molecular weight is 438 g/mol. The first kappa shape index (κ1) is 20.6. The predicted octanol–water partition coefficient (Wildman–Crippen LogP) is 2.91. The minimum Gasteiger partial charge on any atom is -0.507 e. The van der Waals surface area contributed by atoms with Gasteiger partial charge < -0.3 is 24.6 Å². The standard InChI is InChI=1S/C19H20BrNO6/c1-2-25-14-4-6-15(7-5-14)26-10-9-21-18(23)12-27-19(24)16-11-13(20)3-8-17(16)22/h3-8,11,22H,2,9-10,12H2,1H3,(H,21,23). The first-order valence-electron chi connectivity index (χ1n) is 8.27. The van der Waals surface area contributed by atoms with Crippen molar-refractivity contribution in [3.8, 4) is 17.2 Å². The molecule has 144 valence electrons. The molecule has 0 saturated carbocycles. The normalized spacial score (nSPS) is 10.1. The van der Waals surface area contributed by atoms with E-state index in [1.54, 1.807) is 30.3 Å². The van der Waals surface area contributed by atoms with Gasteiger partial charge in [-0.2, -0.15) is 0 Å². The molecule has 0 aliphatic heterocycles. The summed E-state index contributed by atoms with van der Waals surface area (Å²) in [6.45, 7) is 2.57. The molecule has 2 aromatic rings. The van der Waals surface area contributed by atoms with Crippen LogP contribution in [0.15, 0.2) is 46.9 Å². The average Bonchev–Trinajstić information content (AvgIpc) is 2.66. The van der Waals surface area contributed by atoms with E-state index in [2.05, 4.69) is 21.2 Å². The summed E-state index contributed by atoms with van der Waals surface area (Å²) in [5, 5.41) is 12.2. The fourth-order valence-electron chi connectivity index (χ4n) is 2.09.